The van der Waals surface area contributed by atoms with Gasteiger partial charge >= 0.3 is 0 Å². The highest BCUT2D eigenvalue weighted by Crippen LogP contribution is 2.55. The van der Waals surface area contributed by atoms with Crippen LogP contribution in [-0.4, -0.2) is 54.7 Å². The Kier molecular flexibility index (Phi) is 5.43. The third-order valence-corrected chi connectivity index (χ3v) is 6.80. The summed E-state index contributed by atoms with van der Waals surface area (Å²) < 4.78 is 18.6. The van der Waals surface area contributed by atoms with Gasteiger partial charge in [-0.05, 0) is 39.7 Å². The molecule has 2 saturated heterocycles. The van der Waals surface area contributed by atoms with E-state index in [1.165, 1.54) is 6.92 Å². The molecule has 0 saturated carbocycles. The van der Waals surface area contributed by atoms with E-state index in [1.807, 2.05) is 17.0 Å². The van der Waals surface area contributed by atoms with Crippen molar-refractivity contribution in [3.8, 4) is 11.5 Å². The number of ether oxygens (including phenoxy) is 3. The highest BCUT2D eigenvalue weighted by atomic mass is 16.5. The molecule has 0 aliphatic carbocycles. The monoisotopic (exact) mass is 416 g/mol. The number of carbonyl (C=O) groups excluding carboxylic acids is 2. The molecule has 5 atom stereocenters. The molecule has 0 unspecified atom stereocenters. The summed E-state index contributed by atoms with van der Waals surface area (Å²) in [5, 5.41) is 2.70. The van der Waals surface area contributed by atoms with Crippen LogP contribution in [0.1, 0.15) is 52.2 Å². The zero-order valence-corrected chi connectivity index (χ0v) is 18.4. The number of nitrogens with zero attached hydrogens (tertiary/aromatic N) is 1. The molecule has 1 aromatic rings. The lowest BCUT2D eigenvalue weighted by molar-refractivity contribution is -0.189. The Morgan fingerprint density at radius 1 is 1.33 bits per heavy atom. The smallest absolute Gasteiger partial charge is 0.244 e. The van der Waals surface area contributed by atoms with E-state index in [1.54, 1.807) is 14.0 Å². The summed E-state index contributed by atoms with van der Waals surface area (Å²) in [4.78, 5) is 26.0. The van der Waals surface area contributed by atoms with Crippen molar-refractivity contribution in [3.63, 3.8) is 0 Å². The summed E-state index contributed by atoms with van der Waals surface area (Å²) in [5.74, 6) is 1.73. The van der Waals surface area contributed by atoms with Gasteiger partial charge in [0.25, 0.3) is 0 Å². The molecule has 7 heteroatoms. The van der Waals surface area contributed by atoms with Gasteiger partial charge in [-0.15, -0.1) is 0 Å². The van der Waals surface area contributed by atoms with Crippen LogP contribution in [-0.2, 0) is 14.3 Å². The first-order chi connectivity index (χ1) is 14.2. The molecular formula is C23H32N2O5. The average molecular weight is 417 g/mol. The Morgan fingerprint density at radius 3 is 2.80 bits per heavy atom. The lowest BCUT2D eigenvalue weighted by Crippen LogP contribution is -2.57. The van der Waals surface area contributed by atoms with Crippen LogP contribution in [0.4, 0.5) is 0 Å². The van der Waals surface area contributed by atoms with Crippen LogP contribution in [0.2, 0.25) is 0 Å². The first kappa shape index (κ1) is 21.0. The van der Waals surface area contributed by atoms with Gasteiger partial charge in [0.2, 0.25) is 11.8 Å². The molecule has 0 aromatic heterocycles. The third-order valence-electron chi connectivity index (χ3n) is 6.80. The van der Waals surface area contributed by atoms with Gasteiger partial charge < -0.3 is 24.4 Å². The molecule has 0 spiro atoms. The summed E-state index contributed by atoms with van der Waals surface area (Å²) in [5.41, 5.74) is 0.641. The van der Waals surface area contributed by atoms with Gasteiger partial charge in [0.1, 0.15) is 11.6 Å². The zero-order valence-electron chi connectivity index (χ0n) is 18.4. The molecule has 0 bridgehead atoms. The van der Waals surface area contributed by atoms with Crippen LogP contribution in [0.3, 0.4) is 0 Å². The summed E-state index contributed by atoms with van der Waals surface area (Å²) in [6.45, 7) is 8.68. The Balaban J connectivity index is 1.54. The van der Waals surface area contributed by atoms with Crippen molar-refractivity contribution in [2.75, 3.05) is 20.2 Å². The predicted molar refractivity (Wildman–Crippen MR) is 111 cm³/mol. The third kappa shape index (κ3) is 3.64. The van der Waals surface area contributed by atoms with Gasteiger partial charge in [0.15, 0.2) is 11.5 Å². The Morgan fingerprint density at radius 2 is 2.10 bits per heavy atom. The van der Waals surface area contributed by atoms with E-state index in [9.17, 15) is 9.59 Å². The lowest BCUT2D eigenvalue weighted by atomic mass is 9.70. The van der Waals surface area contributed by atoms with Crippen molar-refractivity contribution in [2.24, 2.45) is 11.8 Å². The number of hydrogen-bond acceptors (Lipinski definition) is 5. The van der Waals surface area contributed by atoms with Crippen LogP contribution in [0, 0.1) is 11.8 Å². The zero-order chi connectivity index (χ0) is 21.6. The first-order valence-corrected chi connectivity index (χ1v) is 10.8. The minimum absolute atomic E-state index is 0.0278. The fraction of sp³-hybridized carbons (Fsp3) is 0.652. The molecule has 2 fully saturated rings. The highest BCUT2D eigenvalue weighted by Gasteiger charge is 2.52. The van der Waals surface area contributed by atoms with Crippen LogP contribution < -0.4 is 14.8 Å². The van der Waals surface area contributed by atoms with Crippen LogP contribution in [0.25, 0.3) is 0 Å². The fourth-order valence-electron chi connectivity index (χ4n) is 5.29. The van der Waals surface area contributed by atoms with Gasteiger partial charge in [-0.25, -0.2) is 0 Å². The highest BCUT2D eigenvalue weighted by molar-refractivity contribution is 5.86. The molecule has 3 heterocycles. The van der Waals surface area contributed by atoms with E-state index in [0.717, 1.165) is 29.9 Å². The normalized spacial score (nSPS) is 30.1. The molecule has 3 aliphatic rings. The number of amides is 2. The number of methoxy groups -OCH3 is 1. The molecule has 4 rings (SSSR count). The molecule has 2 amide bonds. The molecule has 3 aliphatic heterocycles. The Labute approximate surface area is 178 Å². The van der Waals surface area contributed by atoms with Gasteiger partial charge in [-0.3, -0.25) is 9.59 Å². The number of carbonyl (C=O) groups is 2. The predicted octanol–water partition coefficient (Wildman–Crippen LogP) is 2.69. The van der Waals surface area contributed by atoms with Crippen molar-refractivity contribution in [1.82, 2.24) is 10.2 Å². The number of hydrogen-bond donors (Lipinski definition) is 1. The SMILES string of the molecule is COc1cccc2c1OC(C)(C)[C@@H]1C[C@H]3CN(C(=O)[C@@H](C)NC(C)=O)CC[C@H]3O[C@@H]21. The summed E-state index contributed by atoms with van der Waals surface area (Å²) >= 11 is 0. The molecular weight excluding hydrogens is 384 g/mol. The van der Waals surface area contributed by atoms with E-state index in [2.05, 4.69) is 25.2 Å². The van der Waals surface area contributed by atoms with Crippen molar-refractivity contribution in [2.45, 2.75) is 64.4 Å². The van der Waals surface area contributed by atoms with E-state index in [-0.39, 0.29) is 35.9 Å². The number of piperidine rings is 1. The van der Waals surface area contributed by atoms with Crippen molar-refractivity contribution in [3.05, 3.63) is 23.8 Å². The van der Waals surface area contributed by atoms with E-state index < -0.39 is 11.6 Å². The number of para-hydroxylation sites is 1. The van der Waals surface area contributed by atoms with Crippen LogP contribution in [0.5, 0.6) is 11.5 Å². The van der Waals surface area contributed by atoms with Crippen molar-refractivity contribution in [1.29, 1.82) is 0 Å². The second-order valence-electron chi connectivity index (χ2n) is 9.28. The van der Waals surface area contributed by atoms with Crippen molar-refractivity contribution < 1.29 is 23.8 Å². The molecule has 164 valence electrons. The molecule has 1 N–H and O–H groups in total. The summed E-state index contributed by atoms with van der Waals surface area (Å²) in [6.07, 6.45) is 1.80. The largest absolute Gasteiger partial charge is 0.493 e. The molecule has 7 nitrogen and oxygen atoms in total. The maximum absolute atomic E-state index is 12.8. The van der Waals surface area contributed by atoms with Gasteiger partial charge in [-0.2, -0.15) is 0 Å². The van der Waals surface area contributed by atoms with Gasteiger partial charge in [-0.1, -0.05) is 12.1 Å². The van der Waals surface area contributed by atoms with Crippen LogP contribution >= 0.6 is 0 Å². The number of rotatable bonds is 3. The maximum atomic E-state index is 12.8. The maximum Gasteiger partial charge on any atom is 0.244 e. The number of likely N-dealkylation sites (tertiary alicyclic amines) is 1. The quantitative estimate of drug-likeness (QED) is 0.820. The topological polar surface area (TPSA) is 77.1 Å². The molecule has 30 heavy (non-hydrogen) atoms. The fourth-order valence-corrected chi connectivity index (χ4v) is 5.29. The van der Waals surface area contributed by atoms with Crippen molar-refractivity contribution >= 4 is 11.8 Å². The number of nitrogens with one attached hydrogen (secondary N) is 1. The number of fused-ring (bicyclic) bond motifs is 4. The second kappa shape index (κ2) is 7.76. The standard InChI is InChI=1S/C23H32N2O5/c1-13(24-14(2)26)22(27)25-10-9-18-15(12-25)11-17-20(29-18)16-7-6-8-19(28-5)21(16)30-23(17,3)4/h6-8,13,15,17-18,20H,9-12H2,1-5H3,(H,24,26)/t13-,15+,17-,18-,20+/m1/s1. The summed E-state index contributed by atoms with van der Waals surface area (Å²) in [7, 11) is 1.66. The second-order valence-corrected chi connectivity index (χ2v) is 9.28. The Bertz CT molecular complexity index is 839. The molecule has 0 radical (unpaired) electrons. The van der Waals surface area contributed by atoms with E-state index >= 15 is 0 Å². The van der Waals surface area contributed by atoms with E-state index in [0.29, 0.717) is 13.1 Å². The molecule has 1 aromatic carbocycles. The van der Waals surface area contributed by atoms with E-state index in [4.69, 9.17) is 14.2 Å². The minimum Gasteiger partial charge on any atom is -0.493 e. The minimum atomic E-state index is -0.509. The van der Waals surface area contributed by atoms with Crippen LogP contribution in [0.15, 0.2) is 18.2 Å². The van der Waals surface area contributed by atoms with Gasteiger partial charge in [0.05, 0.1) is 19.3 Å². The Hall–Kier alpha value is -2.28. The summed E-state index contributed by atoms with van der Waals surface area (Å²) in [6, 6.07) is 5.46. The first-order valence-electron chi connectivity index (χ1n) is 10.8. The number of benzene rings is 1. The average Bonchev–Trinajstić information content (AvgIpc) is 2.70. The lowest BCUT2D eigenvalue weighted by Gasteiger charge is -2.53. The van der Waals surface area contributed by atoms with Gasteiger partial charge in [0, 0.05) is 37.4 Å².